The summed E-state index contributed by atoms with van der Waals surface area (Å²) < 4.78 is 12.5. The van der Waals surface area contributed by atoms with Gasteiger partial charge in [0.2, 0.25) is 0 Å². The van der Waals surface area contributed by atoms with Crippen molar-refractivity contribution in [2.75, 3.05) is 6.61 Å². The highest BCUT2D eigenvalue weighted by Crippen LogP contribution is 2.37. The molecule has 0 radical (unpaired) electrons. The van der Waals surface area contributed by atoms with Crippen LogP contribution in [0.1, 0.15) is 42.3 Å². The first kappa shape index (κ1) is 26.9. The Balaban J connectivity index is 1.67. The van der Waals surface area contributed by atoms with E-state index in [9.17, 15) is 9.59 Å². The molecule has 0 heterocycles. The van der Waals surface area contributed by atoms with Crippen molar-refractivity contribution in [1.29, 1.82) is 0 Å². The second-order valence-corrected chi connectivity index (χ2v) is 9.19. The van der Waals surface area contributed by atoms with Gasteiger partial charge in [0.25, 0.3) is 11.8 Å². The first-order valence-corrected chi connectivity index (χ1v) is 12.5. The highest BCUT2D eigenvalue weighted by Gasteiger charge is 2.24. The third-order valence-electron chi connectivity index (χ3n) is 5.22. The van der Waals surface area contributed by atoms with Crippen LogP contribution in [-0.4, -0.2) is 30.7 Å². The van der Waals surface area contributed by atoms with Gasteiger partial charge in [-0.3, -0.25) is 9.59 Å². The molecule has 3 aromatic carbocycles. The fraction of sp³-hybridized carbons (Fsp3) is 0.250. The standard InChI is InChI=1S/C28H30BrN3O4/c1-4-35-24-16-21(15-23(29)26(24)36-18-20-11-7-5-8-12-20)17-30-32-28(34)25(19(2)3)31-27(33)22-13-9-6-10-14-22/h5-17,19,25H,4,18H2,1-3H3,(H,31,33)(H,32,34). The van der Waals surface area contributed by atoms with Gasteiger partial charge in [-0.1, -0.05) is 62.4 Å². The van der Waals surface area contributed by atoms with E-state index in [1.54, 1.807) is 30.3 Å². The van der Waals surface area contributed by atoms with Crippen LogP contribution in [0.25, 0.3) is 0 Å². The van der Waals surface area contributed by atoms with Crippen molar-refractivity contribution in [3.8, 4) is 11.5 Å². The zero-order valence-electron chi connectivity index (χ0n) is 20.5. The second kappa shape index (κ2) is 13.4. The summed E-state index contributed by atoms with van der Waals surface area (Å²) in [6, 6.07) is 21.5. The summed E-state index contributed by atoms with van der Waals surface area (Å²) in [7, 11) is 0. The Morgan fingerprint density at radius 1 is 1.00 bits per heavy atom. The molecule has 0 bridgehead atoms. The van der Waals surface area contributed by atoms with Gasteiger partial charge >= 0.3 is 0 Å². The zero-order valence-corrected chi connectivity index (χ0v) is 22.1. The van der Waals surface area contributed by atoms with Crippen molar-refractivity contribution in [2.45, 2.75) is 33.4 Å². The number of nitrogens with one attached hydrogen (secondary N) is 2. The maximum Gasteiger partial charge on any atom is 0.262 e. The molecule has 0 saturated heterocycles. The molecule has 7 nitrogen and oxygen atoms in total. The first-order chi connectivity index (χ1) is 17.4. The van der Waals surface area contributed by atoms with Gasteiger partial charge in [0, 0.05) is 5.56 Å². The Kier molecular flexibility index (Phi) is 10.1. The molecule has 3 aromatic rings. The summed E-state index contributed by atoms with van der Waals surface area (Å²) >= 11 is 3.55. The van der Waals surface area contributed by atoms with Crippen molar-refractivity contribution in [3.05, 3.63) is 94.0 Å². The average molecular weight is 552 g/mol. The van der Waals surface area contributed by atoms with Crippen LogP contribution in [0.3, 0.4) is 0 Å². The number of hydrazone groups is 1. The molecular weight excluding hydrogens is 522 g/mol. The van der Waals surface area contributed by atoms with Gasteiger partial charge in [-0.25, -0.2) is 5.43 Å². The van der Waals surface area contributed by atoms with E-state index in [0.29, 0.717) is 40.3 Å². The van der Waals surface area contributed by atoms with Gasteiger partial charge < -0.3 is 14.8 Å². The SMILES string of the molecule is CCOc1cc(C=NNC(=O)C(NC(=O)c2ccccc2)C(C)C)cc(Br)c1OCc1ccccc1. The lowest BCUT2D eigenvalue weighted by Crippen LogP contribution is -2.48. The van der Waals surface area contributed by atoms with Gasteiger partial charge in [0.15, 0.2) is 11.5 Å². The quantitative estimate of drug-likeness (QED) is 0.249. The monoisotopic (exact) mass is 551 g/mol. The van der Waals surface area contributed by atoms with Crippen LogP contribution >= 0.6 is 15.9 Å². The van der Waals surface area contributed by atoms with Crippen LogP contribution in [0.2, 0.25) is 0 Å². The number of nitrogens with zero attached hydrogens (tertiary/aromatic N) is 1. The maximum absolute atomic E-state index is 12.8. The summed E-state index contributed by atoms with van der Waals surface area (Å²) in [5.74, 6) is 0.297. The predicted molar refractivity (Wildman–Crippen MR) is 144 cm³/mol. The minimum Gasteiger partial charge on any atom is -0.490 e. The molecule has 0 aromatic heterocycles. The largest absolute Gasteiger partial charge is 0.490 e. The number of benzene rings is 3. The summed E-state index contributed by atoms with van der Waals surface area (Å²) in [5, 5.41) is 6.88. The Hall–Kier alpha value is -3.65. The average Bonchev–Trinajstić information content (AvgIpc) is 2.87. The molecule has 0 saturated carbocycles. The molecule has 2 amide bonds. The maximum atomic E-state index is 12.8. The number of halogens is 1. The molecular formula is C28H30BrN3O4. The van der Waals surface area contributed by atoms with Gasteiger partial charge in [-0.05, 0) is 64.2 Å². The lowest BCUT2D eigenvalue weighted by atomic mass is 10.0. The van der Waals surface area contributed by atoms with Crippen LogP contribution < -0.4 is 20.2 Å². The summed E-state index contributed by atoms with van der Waals surface area (Å²) in [4.78, 5) is 25.3. The third-order valence-corrected chi connectivity index (χ3v) is 5.81. The number of rotatable bonds is 11. The Morgan fingerprint density at radius 3 is 2.31 bits per heavy atom. The number of hydrogen-bond acceptors (Lipinski definition) is 5. The normalized spacial score (nSPS) is 11.8. The van der Waals surface area contributed by atoms with Crippen LogP contribution in [0.5, 0.6) is 11.5 Å². The number of amides is 2. The van der Waals surface area contributed by atoms with E-state index in [-0.39, 0.29) is 11.8 Å². The van der Waals surface area contributed by atoms with E-state index < -0.39 is 11.9 Å². The first-order valence-electron chi connectivity index (χ1n) is 11.7. The molecule has 36 heavy (non-hydrogen) atoms. The lowest BCUT2D eigenvalue weighted by molar-refractivity contribution is -0.123. The van der Waals surface area contributed by atoms with Crippen molar-refractivity contribution in [2.24, 2.45) is 11.0 Å². The number of ether oxygens (including phenoxy) is 2. The van der Waals surface area contributed by atoms with E-state index >= 15 is 0 Å². The Morgan fingerprint density at radius 2 is 1.67 bits per heavy atom. The number of carbonyl (C=O) groups is 2. The smallest absolute Gasteiger partial charge is 0.262 e. The van der Waals surface area contributed by atoms with Crippen molar-refractivity contribution >= 4 is 34.0 Å². The molecule has 0 aliphatic carbocycles. The fourth-order valence-electron chi connectivity index (χ4n) is 3.38. The molecule has 0 fully saturated rings. The van der Waals surface area contributed by atoms with Gasteiger partial charge in [-0.2, -0.15) is 5.10 Å². The van der Waals surface area contributed by atoms with E-state index in [4.69, 9.17) is 9.47 Å². The van der Waals surface area contributed by atoms with Crippen molar-refractivity contribution < 1.29 is 19.1 Å². The van der Waals surface area contributed by atoms with Crippen LogP contribution in [0, 0.1) is 5.92 Å². The molecule has 8 heteroatoms. The highest BCUT2D eigenvalue weighted by molar-refractivity contribution is 9.10. The fourth-order valence-corrected chi connectivity index (χ4v) is 3.96. The zero-order chi connectivity index (χ0) is 25.9. The second-order valence-electron chi connectivity index (χ2n) is 8.33. The molecule has 1 unspecified atom stereocenters. The summed E-state index contributed by atoms with van der Waals surface area (Å²) in [5.41, 5.74) is 4.76. The van der Waals surface area contributed by atoms with Gasteiger partial charge in [-0.15, -0.1) is 0 Å². The van der Waals surface area contributed by atoms with Crippen LogP contribution in [0.4, 0.5) is 0 Å². The summed E-state index contributed by atoms with van der Waals surface area (Å²) in [6.07, 6.45) is 1.52. The summed E-state index contributed by atoms with van der Waals surface area (Å²) in [6.45, 7) is 6.47. The lowest BCUT2D eigenvalue weighted by Gasteiger charge is -2.20. The molecule has 0 spiro atoms. The molecule has 0 aliphatic rings. The minimum absolute atomic E-state index is 0.132. The topological polar surface area (TPSA) is 89.0 Å². The van der Waals surface area contributed by atoms with Crippen LogP contribution in [0.15, 0.2) is 82.4 Å². The van der Waals surface area contributed by atoms with E-state index in [1.165, 1.54) is 6.21 Å². The van der Waals surface area contributed by atoms with Gasteiger partial charge in [0.05, 0.1) is 17.3 Å². The minimum atomic E-state index is -0.741. The van der Waals surface area contributed by atoms with Crippen molar-refractivity contribution in [3.63, 3.8) is 0 Å². The van der Waals surface area contributed by atoms with Crippen LogP contribution in [-0.2, 0) is 11.4 Å². The molecule has 0 aliphatic heterocycles. The van der Waals surface area contributed by atoms with Gasteiger partial charge in [0.1, 0.15) is 12.6 Å². The number of hydrogen-bond donors (Lipinski definition) is 2. The Bertz CT molecular complexity index is 1180. The van der Waals surface area contributed by atoms with E-state index in [1.807, 2.05) is 63.2 Å². The molecule has 2 N–H and O–H groups in total. The third kappa shape index (κ3) is 7.68. The van der Waals surface area contributed by atoms with E-state index in [2.05, 4.69) is 31.8 Å². The molecule has 3 rings (SSSR count). The Labute approximate surface area is 220 Å². The molecule has 188 valence electrons. The highest BCUT2D eigenvalue weighted by atomic mass is 79.9. The van der Waals surface area contributed by atoms with Crippen molar-refractivity contribution in [1.82, 2.24) is 10.7 Å². The predicted octanol–water partition coefficient (Wildman–Crippen LogP) is 5.33. The number of carbonyl (C=O) groups excluding carboxylic acids is 2. The van der Waals surface area contributed by atoms with E-state index in [0.717, 1.165) is 5.56 Å². The molecule has 1 atom stereocenters.